The highest BCUT2D eigenvalue weighted by Gasteiger charge is 2.22. The van der Waals surface area contributed by atoms with E-state index in [1.54, 1.807) is 0 Å². The second-order valence-electron chi connectivity index (χ2n) is 4.73. The van der Waals surface area contributed by atoms with Gasteiger partial charge < -0.3 is 10.1 Å². The maximum absolute atomic E-state index is 11.8. The molecule has 0 radical (unpaired) electrons. The van der Waals surface area contributed by atoms with Crippen molar-refractivity contribution in [2.75, 3.05) is 6.54 Å². The topological polar surface area (TPSA) is 92.8 Å². The summed E-state index contributed by atoms with van der Waals surface area (Å²) in [5.41, 5.74) is 1.16. The number of hydrogen-bond donors (Lipinski definition) is 1. The lowest BCUT2D eigenvalue weighted by Crippen LogP contribution is -2.36. The number of aromatic nitrogens is 3. The van der Waals surface area contributed by atoms with Gasteiger partial charge in [-0.3, -0.25) is 4.79 Å². The summed E-state index contributed by atoms with van der Waals surface area (Å²) >= 11 is 0. The second kappa shape index (κ2) is 5.63. The molecule has 1 aromatic carbocycles. The molecule has 7 nitrogen and oxygen atoms in total. The molecule has 106 valence electrons. The Bertz CT molecular complexity index is 678. The Hall–Kier alpha value is -2.88. The van der Waals surface area contributed by atoms with Crippen LogP contribution >= 0.6 is 0 Å². The fourth-order valence-electron chi connectivity index (χ4n) is 2.22. The molecule has 2 aromatic rings. The number of nitrogens with one attached hydrogen (secondary N) is 1. The van der Waals surface area contributed by atoms with Gasteiger partial charge in [0.25, 0.3) is 5.82 Å². The number of carbonyl (C=O) groups is 1. The van der Waals surface area contributed by atoms with E-state index in [1.807, 2.05) is 30.3 Å². The normalized spacial score (nSPS) is 15.9. The van der Waals surface area contributed by atoms with Crippen LogP contribution in [-0.2, 0) is 17.8 Å². The number of benzene rings is 1. The van der Waals surface area contributed by atoms with Crippen molar-refractivity contribution in [3.63, 3.8) is 0 Å². The zero-order valence-corrected chi connectivity index (χ0v) is 11.2. The summed E-state index contributed by atoms with van der Waals surface area (Å²) in [5.74, 6) is 0.744. The average Bonchev–Trinajstić information content (AvgIpc) is 3.10. The van der Waals surface area contributed by atoms with E-state index in [1.165, 1.54) is 11.0 Å². The molecule has 21 heavy (non-hydrogen) atoms. The van der Waals surface area contributed by atoms with Crippen molar-refractivity contribution in [2.45, 2.75) is 19.1 Å². The van der Waals surface area contributed by atoms with Gasteiger partial charge in [0.05, 0.1) is 6.54 Å². The quantitative estimate of drug-likeness (QED) is 0.869. The standard InChI is InChI=1S/C14H13N5O2/c15-6-13-17-9-19(18-13)8-14(20)16-7-11-5-10-3-1-2-4-12(10)21-11/h1-4,9,11H,5,7-8H2,(H,16,20). The number of carbonyl (C=O) groups excluding carboxylic acids is 1. The molecule has 7 heteroatoms. The van der Waals surface area contributed by atoms with Crippen molar-refractivity contribution >= 4 is 5.91 Å². The van der Waals surface area contributed by atoms with Crippen LogP contribution in [0.5, 0.6) is 5.75 Å². The zero-order chi connectivity index (χ0) is 14.7. The first kappa shape index (κ1) is 13.1. The number of nitriles is 1. The van der Waals surface area contributed by atoms with Crippen LogP contribution in [0.4, 0.5) is 0 Å². The third-order valence-corrected chi connectivity index (χ3v) is 3.18. The number of ether oxygens (including phenoxy) is 1. The third-order valence-electron chi connectivity index (χ3n) is 3.18. The molecule has 0 spiro atoms. The molecule has 0 saturated carbocycles. The number of fused-ring (bicyclic) bond motifs is 1. The van der Waals surface area contributed by atoms with Gasteiger partial charge >= 0.3 is 0 Å². The van der Waals surface area contributed by atoms with Crippen molar-refractivity contribution in [1.82, 2.24) is 20.1 Å². The lowest BCUT2D eigenvalue weighted by atomic mass is 10.1. The zero-order valence-electron chi connectivity index (χ0n) is 11.2. The number of amides is 1. The first-order valence-corrected chi connectivity index (χ1v) is 6.55. The average molecular weight is 283 g/mol. The predicted octanol–water partition coefficient (Wildman–Crippen LogP) is 0.270. The van der Waals surface area contributed by atoms with Crippen molar-refractivity contribution in [1.29, 1.82) is 5.26 Å². The molecule has 1 aromatic heterocycles. The van der Waals surface area contributed by atoms with Crippen LogP contribution in [0.1, 0.15) is 11.4 Å². The minimum Gasteiger partial charge on any atom is -0.488 e. The molecular weight excluding hydrogens is 270 g/mol. The minimum absolute atomic E-state index is 0.0361. The van der Waals surface area contributed by atoms with Gasteiger partial charge in [-0.15, -0.1) is 5.10 Å². The molecule has 1 aliphatic heterocycles. The van der Waals surface area contributed by atoms with Crippen molar-refractivity contribution in [3.05, 3.63) is 42.0 Å². The highest BCUT2D eigenvalue weighted by molar-refractivity contribution is 5.75. The molecule has 1 atom stereocenters. The summed E-state index contributed by atoms with van der Waals surface area (Å²) in [5, 5.41) is 15.2. The molecular formula is C14H13N5O2. The first-order valence-electron chi connectivity index (χ1n) is 6.55. The summed E-state index contributed by atoms with van der Waals surface area (Å²) in [4.78, 5) is 15.5. The van der Waals surface area contributed by atoms with Gasteiger partial charge in [0.1, 0.15) is 30.8 Å². The Labute approximate surface area is 121 Å². The fourth-order valence-corrected chi connectivity index (χ4v) is 2.22. The Morgan fingerprint density at radius 3 is 3.14 bits per heavy atom. The molecule has 1 N–H and O–H groups in total. The van der Waals surface area contributed by atoms with E-state index in [-0.39, 0.29) is 24.4 Å². The molecule has 0 fully saturated rings. The van der Waals surface area contributed by atoms with Crippen molar-refractivity contribution in [2.24, 2.45) is 0 Å². The molecule has 3 rings (SSSR count). The number of hydrogen-bond acceptors (Lipinski definition) is 5. The highest BCUT2D eigenvalue weighted by atomic mass is 16.5. The number of nitrogens with zero attached hydrogens (tertiary/aromatic N) is 4. The van der Waals surface area contributed by atoms with E-state index in [0.29, 0.717) is 6.54 Å². The van der Waals surface area contributed by atoms with E-state index >= 15 is 0 Å². The van der Waals surface area contributed by atoms with Gasteiger partial charge in [-0.1, -0.05) is 18.2 Å². The molecule has 2 heterocycles. The van der Waals surface area contributed by atoms with Crippen LogP contribution in [0.2, 0.25) is 0 Å². The van der Waals surface area contributed by atoms with Gasteiger partial charge in [-0.25, -0.2) is 9.67 Å². The van der Waals surface area contributed by atoms with Gasteiger partial charge in [-0.05, 0) is 11.6 Å². The monoisotopic (exact) mass is 283 g/mol. The van der Waals surface area contributed by atoms with Crippen molar-refractivity contribution in [3.8, 4) is 11.8 Å². The van der Waals surface area contributed by atoms with Gasteiger partial charge in [0.2, 0.25) is 5.91 Å². The van der Waals surface area contributed by atoms with Gasteiger partial charge in [0, 0.05) is 6.42 Å². The van der Waals surface area contributed by atoms with E-state index in [0.717, 1.165) is 17.7 Å². The SMILES string of the molecule is N#Cc1ncn(CC(=O)NCC2Cc3ccccc3O2)n1. The van der Waals surface area contributed by atoms with Crippen LogP contribution in [0.15, 0.2) is 30.6 Å². The Morgan fingerprint density at radius 1 is 1.52 bits per heavy atom. The lowest BCUT2D eigenvalue weighted by Gasteiger charge is -2.11. The van der Waals surface area contributed by atoms with Gasteiger partial charge in [0.15, 0.2) is 0 Å². The lowest BCUT2D eigenvalue weighted by molar-refractivity contribution is -0.122. The summed E-state index contributed by atoms with van der Waals surface area (Å²) < 4.78 is 7.07. The summed E-state index contributed by atoms with van der Waals surface area (Å²) in [6, 6.07) is 9.66. The van der Waals surface area contributed by atoms with Crippen LogP contribution in [0.3, 0.4) is 0 Å². The summed E-state index contributed by atoms with van der Waals surface area (Å²) in [6.45, 7) is 0.474. The van der Waals surface area contributed by atoms with Crippen LogP contribution < -0.4 is 10.1 Å². The molecule has 1 aliphatic rings. The van der Waals surface area contributed by atoms with Crippen LogP contribution in [0.25, 0.3) is 0 Å². The maximum atomic E-state index is 11.8. The molecule has 0 bridgehead atoms. The van der Waals surface area contributed by atoms with Crippen LogP contribution in [0, 0.1) is 11.3 Å². The third kappa shape index (κ3) is 3.00. The second-order valence-corrected chi connectivity index (χ2v) is 4.73. The van der Waals surface area contributed by atoms with E-state index in [2.05, 4.69) is 15.4 Å². The Balaban J connectivity index is 1.48. The van der Waals surface area contributed by atoms with E-state index in [9.17, 15) is 4.79 Å². The molecule has 0 aliphatic carbocycles. The number of rotatable bonds is 4. The fraction of sp³-hybridized carbons (Fsp3) is 0.286. The highest BCUT2D eigenvalue weighted by Crippen LogP contribution is 2.27. The number of para-hydroxylation sites is 1. The summed E-state index contributed by atoms with van der Waals surface area (Å²) in [6.07, 6.45) is 2.11. The largest absolute Gasteiger partial charge is 0.488 e. The van der Waals surface area contributed by atoms with E-state index < -0.39 is 0 Å². The predicted molar refractivity (Wildman–Crippen MR) is 72.3 cm³/mol. The maximum Gasteiger partial charge on any atom is 0.252 e. The van der Waals surface area contributed by atoms with Crippen LogP contribution in [-0.4, -0.2) is 33.3 Å². The first-order chi connectivity index (χ1) is 10.2. The Morgan fingerprint density at radius 2 is 2.38 bits per heavy atom. The van der Waals surface area contributed by atoms with E-state index in [4.69, 9.17) is 10.00 Å². The molecule has 1 amide bonds. The molecule has 0 saturated heterocycles. The molecule has 1 unspecified atom stereocenters. The van der Waals surface area contributed by atoms with Gasteiger partial charge in [-0.2, -0.15) is 5.26 Å². The summed E-state index contributed by atoms with van der Waals surface area (Å²) in [7, 11) is 0. The van der Waals surface area contributed by atoms with Crippen molar-refractivity contribution < 1.29 is 9.53 Å². The Kier molecular flexibility index (Phi) is 3.51. The minimum atomic E-state index is -0.191. The smallest absolute Gasteiger partial charge is 0.252 e.